The fourth-order valence-corrected chi connectivity index (χ4v) is 2.31. The molecule has 9 heteroatoms. The molecule has 0 amide bonds. The van der Waals surface area contributed by atoms with E-state index in [0.29, 0.717) is 11.1 Å². The number of rotatable bonds is 8. The molecule has 0 aliphatic rings. The maximum atomic E-state index is 12.1. The Labute approximate surface area is 159 Å². The minimum absolute atomic E-state index is 0.0981. The van der Waals surface area contributed by atoms with Crippen LogP contribution in [0.15, 0.2) is 73.8 Å². The summed E-state index contributed by atoms with van der Waals surface area (Å²) in [4.78, 5) is 32.5. The largest absolute Gasteiger partial charge is 0.510 e. The second kappa shape index (κ2) is 9.08. The van der Waals surface area contributed by atoms with Gasteiger partial charge in [-0.2, -0.15) is 0 Å². The highest BCUT2D eigenvalue weighted by molar-refractivity contribution is 5.61. The van der Waals surface area contributed by atoms with E-state index in [2.05, 4.69) is 13.2 Å². The molecule has 0 aliphatic heterocycles. The number of carbonyl (C=O) groups excluding carboxylic acids is 1. The van der Waals surface area contributed by atoms with Crippen LogP contribution >= 0.6 is 0 Å². The van der Waals surface area contributed by atoms with Gasteiger partial charge in [-0.15, -0.1) is 0 Å². The number of hydrogen-bond acceptors (Lipinski definition) is 7. The number of nitro benzene ring substituents is 2. The summed E-state index contributed by atoms with van der Waals surface area (Å²) in [5.41, 5.74) is 0.754. The number of carbonyl (C=O) groups is 1. The molecule has 0 N–H and O–H groups in total. The minimum atomic E-state index is -1.02. The van der Waals surface area contributed by atoms with Gasteiger partial charge in [-0.1, -0.05) is 13.2 Å². The predicted molar refractivity (Wildman–Crippen MR) is 99.6 cm³/mol. The zero-order valence-electron chi connectivity index (χ0n) is 14.6. The van der Waals surface area contributed by atoms with Gasteiger partial charge in [0.2, 0.25) is 0 Å². The number of nitrogens with zero attached hydrogens (tertiary/aromatic N) is 2. The van der Waals surface area contributed by atoms with Crippen LogP contribution in [-0.4, -0.2) is 16.0 Å². The van der Waals surface area contributed by atoms with E-state index >= 15 is 0 Å². The van der Waals surface area contributed by atoms with Gasteiger partial charge in [-0.05, 0) is 47.5 Å². The lowest BCUT2D eigenvalue weighted by Crippen LogP contribution is -2.14. The molecule has 0 fully saturated rings. The Bertz CT molecular complexity index is 818. The highest BCUT2D eigenvalue weighted by atomic mass is 16.7. The highest BCUT2D eigenvalue weighted by Gasteiger charge is 2.20. The van der Waals surface area contributed by atoms with Crippen LogP contribution in [0.4, 0.5) is 16.2 Å². The first-order valence-electron chi connectivity index (χ1n) is 7.96. The fourth-order valence-electron chi connectivity index (χ4n) is 2.31. The molecule has 28 heavy (non-hydrogen) atoms. The summed E-state index contributed by atoms with van der Waals surface area (Å²) in [6, 6.07) is 10.9. The SMILES string of the molecule is C=CC(OC(=O)OC(C=C)c1ccc([N+](=O)[O-])cc1)c1ccc([N+](=O)[O-])cc1. The lowest BCUT2D eigenvalue weighted by atomic mass is 10.1. The van der Waals surface area contributed by atoms with E-state index in [1.54, 1.807) is 0 Å². The summed E-state index contributed by atoms with van der Waals surface area (Å²) in [5.74, 6) is 0. The number of hydrogen-bond donors (Lipinski definition) is 0. The Kier molecular flexibility index (Phi) is 6.58. The van der Waals surface area contributed by atoms with Gasteiger partial charge in [-0.3, -0.25) is 20.2 Å². The first-order valence-corrected chi connectivity index (χ1v) is 7.96. The van der Waals surface area contributed by atoms with Crippen LogP contribution in [0.1, 0.15) is 23.3 Å². The van der Waals surface area contributed by atoms with Crippen LogP contribution in [0.25, 0.3) is 0 Å². The van der Waals surface area contributed by atoms with Crippen molar-refractivity contribution < 1.29 is 24.1 Å². The van der Waals surface area contributed by atoms with Crippen molar-refractivity contribution in [3.05, 3.63) is 105 Å². The molecule has 144 valence electrons. The van der Waals surface area contributed by atoms with E-state index in [4.69, 9.17) is 9.47 Å². The van der Waals surface area contributed by atoms with Gasteiger partial charge in [0.25, 0.3) is 11.4 Å². The van der Waals surface area contributed by atoms with E-state index in [-0.39, 0.29) is 11.4 Å². The van der Waals surface area contributed by atoms with E-state index < -0.39 is 28.2 Å². The number of non-ortho nitro benzene ring substituents is 2. The average Bonchev–Trinajstić information content (AvgIpc) is 2.70. The molecule has 0 spiro atoms. The molecule has 2 aromatic carbocycles. The molecule has 0 radical (unpaired) electrons. The summed E-state index contributed by atoms with van der Waals surface area (Å²) in [5, 5.41) is 21.4. The van der Waals surface area contributed by atoms with Crippen molar-refractivity contribution in [1.82, 2.24) is 0 Å². The average molecular weight is 384 g/mol. The van der Waals surface area contributed by atoms with Crippen molar-refractivity contribution in [2.24, 2.45) is 0 Å². The minimum Gasteiger partial charge on any atom is -0.422 e. The molecule has 0 bridgehead atoms. The van der Waals surface area contributed by atoms with Gasteiger partial charge in [0, 0.05) is 24.3 Å². The Balaban J connectivity index is 2.06. The molecule has 2 rings (SSSR count). The monoisotopic (exact) mass is 384 g/mol. The lowest BCUT2D eigenvalue weighted by molar-refractivity contribution is -0.385. The van der Waals surface area contributed by atoms with Gasteiger partial charge in [-0.25, -0.2) is 4.79 Å². The quantitative estimate of drug-likeness (QED) is 0.277. The number of ether oxygens (including phenoxy) is 2. The standard InChI is InChI=1S/C19H16N2O7/c1-3-17(13-5-9-15(10-6-13)20(23)24)27-19(22)28-18(4-2)14-7-11-16(12-8-14)21(25)26/h3-12,17-18H,1-2H2. The second-order valence-electron chi connectivity index (χ2n) is 5.50. The maximum Gasteiger partial charge on any atom is 0.510 e. The van der Waals surface area contributed by atoms with Crippen molar-refractivity contribution in [3.8, 4) is 0 Å². The smallest absolute Gasteiger partial charge is 0.422 e. The topological polar surface area (TPSA) is 122 Å². The molecule has 2 unspecified atom stereocenters. The molecule has 0 saturated carbocycles. The van der Waals surface area contributed by atoms with Crippen LogP contribution in [0.2, 0.25) is 0 Å². The zero-order valence-corrected chi connectivity index (χ0v) is 14.6. The normalized spacial score (nSPS) is 12.3. The van der Waals surface area contributed by atoms with Gasteiger partial charge in [0.15, 0.2) is 0 Å². The van der Waals surface area contributed by atoms with Crippen LogP contribution in [-0.2, 0) is 9.47 Å². The first-order chi connectivity index (χ1) is 13.3. The fraction of sp³-hybridized carbons (Fsp3) is 0.105. The van der Waals surface area contributed by atoms with Crippen molar-refractivity contribution in [2.45, 2.75) is 12.2 Å². The van der Waals surface area contributed by atoms with E-state index in [9.17, 15) is 25.0 Å². The first kappa shape index (κ1) is 20.3. The number of benzene rings is 2. The van der Waals surface area contributed by atoms with Gasteiger partial charge in [0.1, 0.15) is 12.2 Å². The summed E-state index contributed by atoms with van der Waals surface area (Å²) in [6.45, 7) is 7.16. The van der Waals surface area contributed by atoms with E-state index in [0.717, 1.165) is 0 Å². The van der Waals surface area contributed by atoms with Gasteiger partial charge < -0.3 is 9.47 Å². The van der Waals surface area contributed by atoms with Crippen molar-refractivity contribution in [1.29, 1.82) is 0 Å². The summed E-state index contributed by atoms with van der Waals surface area (Å²) in [7, 11) is 0. The summed E-state index contributed by atoms with van der Waals surface area (Å²) in [6.07, 6.45) is -0.0909. The Hall–Kier alpha value is -4.01. The van der Waals surface area contributed by atoms with Crippen molar-refractivity contribution in [2.75, 3.05) is 0 Å². The third-order valence-corrected chi connectivity index (χ3v) is 3.74. The van der Waals surface area contributed by atoms with E-state index in [1.165, 1.54) is 60.7 Å². The molecule has 0 aromatic heterocycles. The molecular weight excluding hydrogens is 368 g/mol. The van der Waals surface area contributed by atoms with Gasteiger partial charge >= 0.3 is 6.16 Å². The molecule has 2 aromatic rings. The lowest BCUT2D eigenvalue weighted by Gasteiger charge is -2.18. The molecule has 0 heterocycles. The van der Waals surface area contributed by atoms with E-state index in [1.807, 2.05) is 0 Å². The third kappa shape index (κ3) is 5.01. The molecule has 0 saturated heterocycles. The van der Waals surface area contributed by atoms with Crippen molar-refractivity contribution >= 4 is 17.5 Å². The number of nitro groups is 2. The van der Waals surface area contributed by atoms with Crippen molar-refractivity contribution in [3.63, 3.8) is 0 Å². The van der Waals surface area contributed by atoms with Crippen LogP contribution in [0.3, 0.4) is 0 Å². The summed E-state index contributed by atoms with van der Waals surface area (Å²) >= 11 is 0. The Morgan fingerprint density at radius 3 is 1.36 bits per heavy atom. The molecule has 0 aliphatic carbocycles. The second-order valence-corrected chi connectivity index (χ2v) is 5.50. The molecule has 2 atom stereocenters. The molecular formula is C19H16N2O7. The zero-order chi connectivity index (χ0) is 20.7. The Morgan fingerprint density at radius 1 is 0.786 bits per heavy atom. The maximum absolute atomic E-state index is 12.1. The van der Waals surface area contributed by atoms with Crippen LogP contribution < -0.4 is 0 Å². The highest BCUT2D eigenvalue weighted by Crippen LogP contribution is 2.25. The predicted octanol–water partition coefficient (Wildman–Crippen LogP) is 4.81. The third-order valence-electron chi connectivity index (χ3n) is 3.74. The summed E-state index contributed by atoms with van der Waals surface area (Å²) < 4.78 is 10.4. The Morgan fingerprint density at radius 2 is 1.11 bits per heavy atom. The van der Waals surface area contributed by atoms with Crippen LogP contribution in [0.5, 0.6) is 0 Å². The van der Waals surface area contributed by atoms with Crippen LogP contribution in [0, 0.1) is 20.2 Å². The molecule has 9 nitrogen and oxygen atoms in total. The van der Waals surface area contributed by atoms with Gasteiger partial charge in [0.05, 0.1) is 9.85 Å².